The van der Waals surface area contributed by atoms with Crippen LogP contribution in [0.15, 0.2) is 0 Å². The number of aliphatic hydroxyl groups excluding tert-OH is 1. The summed E-state index contributed by atoms with van der Waals surface area (Å²) in [5.41, 5.74) is 0. The number of aliphatic carboxylic acids is 1. The molecule has 0 aromatic rings. The van der Waals surface area contributed by atoms with E-state index in [0.29, 0.717) is 6.61 Å². The monoisotopic (exact) mass is 322 g/mol. The summed E-state index contributed by atoms with van der Waals surface area (Å²) in [7, 11) is 0. The largest absolute Gasteiger partial charge is 0.480 e. The standard InChI is InChI=1S/C15H32O.C2H3ClO2/c1-2-3-4-5-6-7-8-9-10-11-12-13-14-15-16;3-1-2(4)5/h16H,2-15H2,1H3;1H2,(H,4,5). The van der Waals surface area contributed by atoms with Crippen molar-refractivity contribution in [2.75, 3.05) is 12.5 Å². The van der Waals surface area contributed by atoms with E-state index in [9.17, 15) is 4.79 Å². The van der Waals surface area contributed by atoms with Crippen LogP contribution in [0.3, 0.4) is 0 Å². The van der Waals surface area contributed by atoms with Gasteiger partial charge in [-0.05, 0) is 6.42 Å². The van der Waals surface area contributed by atoms with E-state index in [2.05, 4.69) is 6.92 Å². The van der Waals surface area contributed by atoms with Crippen molar-refractivity contribution in [1.82, 2.24) is 0 Å². The van der Waals surface area contributed by atoms with Gasteiger partial charge in [0.2, 0.25) is 0 Å². The zero-order valence-electron chi connectivity index (χ0n) is 13.8. The molecule has 3 nitrogen and oxygen atoms in total. The fourth-order valence-electron chi connectivity index (χ4n) is 2.13. The Balaban J connectivity index is 0. The predicted molar refractivity (Wildman–Crippen MR) is 91.1 cm³/mol. The third-order valence-corrected chi connectivity index (χ3v) is 3.60. The molecular formula is C17H35ClO3. The summed E-state index contributed by atoms with van der Waals surface area (Å²) >= 11 is 4.74. The highest BCUT2D eigenvalue weighted by atomic mass is 35.5. The number of hydrogen-bond donors (Lipinski definition) is 2. The number of carboxylic acid groups (broad SMARTS) is 1. The van der Waals surface area contributed by atoms with Crippen LogP contribution < -0.4 is 0 Å². The molecule has 0 aromatic heterocycles. The topological polar surface area (TPSA) is 57.5 Å². The molecule has 0 spiro atoms. The van der Waals surface area contributed by atoms with Crippen molar-refractivity contribution in [2.24, 2.45) is 0 Å². The zero-order valence-corrected chi connectivity index (χ0v) is 14.5. The summed E-state index contributed by atoms with van der Waals surface area (Å²) in [6.07, 6.45) is 17.7. The first-order valence-electron chi connectivity index (χ1n) is 8.57. The number of rotatable bonds is 14. The molecule has 0 atom stereocenters. The Morgan fingerprint density at radius 2 is 1.05 bits per heavy atom. The highest BCUT2D eigenvalue weighted by Gasteiger charge is 1.93. The first kappa shape index (κ1) is 23.0. The lowest BCUT2D eigenvalue weighted by Gasteiger charge is -2.02. The highest BCUT2D eigenvalue weighted by Crippen LogP contribution is 2.12. The average Bonchev–Trinajstić information content (AvgIpc) is 2.49. The van der Waals surface area contributed by atoms with Gasteiger partial charge in [-0.3, -0.25) is 4.79 Å². The number of carboxylic acids is 1. The Hall–Kier alpha value is -0.280. The fourth-order valence-corrected chi connectivity index (χ4v) is 2.13. The summed E-state index contributed by atoms with van der Waals surface area (Å²) in [6, 6.07) is 0. The lowest BCUT2D eigenvalue weighted by atomic mass is 10.0. The summed E-state index contributed by atoms with van der Waals surface area (Å²) in [5.74, 6) is -1.29. The molecule has 0 fully saturated rings. The lowest BCUT2D eigenvalue weighted by Crippen LogP contribution is -1.92. The molecule has 128 valence electrons. The molecule has 0 aliphatic heterocycles. The normalized spacial score (nSPS) is 10.0. The molecule has 0 aliphatic rings. The smallest absolute Gasteiger partial charge is 0.318 e. The molecule has 0 heterocycles. The van der Waals surface area contributed by atoms with Crippen molar-refractivity contribution in [1.29, 1.82) is 0 Å². The second-order valence-electron chi connectivity index (χ2n) is 5.49. The molecule has 0 radical (unpaired) electrons. The number of carbonyl (C=O) groups is 1. The maximum Gasteiger partial charge on any atom is 0.318 e. The van der Waals surface area contributed by atoms with E-state index in [0.717, 1.165) is 6.42 Å². The molecule has 0 unspecified atom stereocenters. The second-order valence-corrected chi connectivity index (χ2v) is 5.76. The van der Waals surface area contributed by atoms with E-state index in [1.807, 2.05) is 0 Å². The van der Waals surface area contributed by atoms with Crippen molar-refractivity contribution in [3.05, 3.63) is 0 Å². The van der Waals surface area contributed by atoms with Crippen LogP contribution in [-0.2, 0) is 4.79 Å². The van der Waals surface area contributed by atoms with Crippen LogP contribution in [-0.4, -0.2) is 28.7 Å². The molecular weight excluding hydrogens is 288 g/mol. The quantitative estimate of drug-likeness (QED) is 0.333. The summed E-state index contributed by atoms with van der Waals surface area (Å²) < 4.78 is 0. The number of hydrogen-bond acceptors (Lipinski definition) is 2. The Kier molecular flexibility index (Phi) is 24.1. The molecule has 2 N–H and O–H groups in total. The van der Waals surface area contributed by atoms with E-state index in [4.69, 9.17) is 21.8 Å². The maximum absolute atomic E-state index is 9.24. The molecule has 4 heteroatoms. The van der Waals surface area contributed by atoms with Gasteiger partial charge in [0.25, 0.3) is 0 Å². The molecule has 0 rings (SSSR count). The minimum atomic E-state index is -0.980. The van der Waals surface area contributed by atoms with Gasteiger partial charge >= 0.3 is 5.97 Å². The third-order valence-electron chi connectivity index (χ3n) is 3.38. The van der Waals surface area contributed by atoms with Crippen LogP contribution in [0, 0.1) is 0 Å². The molecule has 0 aliphatic carbocycles. The Morgan fingerprint density at radius 3 is 1.29 bits per heavy atom. The second kappa shape index (κ2) is 22.0. The molecule has 21 heavy (non-hydrogen) atoms. The van der Waals surface area contributed by atoms with Gasteiger partial charge in [0.15, 0.2) is 0 Å². The molecule has 0 bridgehead atoms. The fraction of sp³-hybridized carbons (Fsp3) is 0.941. The Labute approximate surface area is 136 Å². The van der Waals surface area contributed by atoms with Crippen molar-refractivity contribution in [3.8, 4) is 0 Å². The van der Waals surface area contributed by atoms with Gasteiger partial charge in [-0.15, -0.1) is 11.6 Å². The summed E-state index contributed by atoms with van der Waals surface area (Å²) in [5, 5.41) is 16.2. The summed E-state index contributed by atoms with van der Waals surface area (Å²) in [6.45, 7) is 2.65. The van der Waals surface area contributed by atoms with Crippen LogP contribution >= 0.6 is 11.6 Å². The first-order chi connectivity index (χ1) is 10.2. The number of unbranched alkanes of at least 4 members (excludes halogenated alkanes) is 12. The SMILES string of the molecule is CCCCCCCCCCCCCCCO.O=C(O)CCl. The third kappa shape index (κ3) is 28.6. The van der Waals surface area contributed by atoms with Crippen molar-refractivity contribution < 1.29 is 15.0 Å². The molecule has 0 saturated carbocycles. The van der Waals surface area contributed by atoms with Gasteiger partial charge in [0.05, 0.1) is 0 Å². The minimum Gasteiger partial charge on any atom is -0.480 e. The maximum atomic E-state index is 9.24. The average molecular weight is 323 g/mol. The van der Waals surface area contributed by atoms with Crippen molar-refractivity contribution in [2.45, 2.75) is 90.4 Å². The van der Waals surface area contributed by atoms with Crippen LogP contribution in [0.4, 0.5) is 0 Å². The van der Waals surface area contributed by atoms with Crippen molar-refractivity contribution >= 4 is 17.6 Å². The molecule has 0 aromatic carbocycles. The Bertz CT molecular complexity index is 184. The lowest BCUT2D eigenvalue weighted by molar-refractivity contribution is -0.134. The predicted octanol–water partition coefficient (Wildman–Crippen LogP) is 5.38. The van der Waals surface area contributed by atoms with Gasteiger partial charge in [0.1, 0.15) is 5.88 Å². The van der Waals surface area contributed by atoms with Gasteiger partial charge in [0, 0.05) is 6.61 Å². The van der Waals surface area contributed by atoms with Gasteiger partial charge in [-0.25, -0.2) is 0 Å². The summed E-state index contributed by atoms with van der Waals surface area (Å²) in [4.78, 5) is 9.24. The zero-order chi connectivity index (χ0) is 16.2. The molecule has 0 saturated heterocycles. The van der Waals surface area contributed by atoms with E-state index in [1.165, 1.54) is 77.0 Å². The van der Waals surface area contributed by atoms with Crippen LogP contribution in [0.25, 0.3) is 0 Å². The molecule has 0 amide bonds. The van der Waals surface area contributed by atoms with E-state index >= 15 is 0 Å². The number of halogens is 1. The van der Waals surface area contributed by atoms with E-state index in [1.54, 1.807) is 0 Å². The van der Waals surface area contributed by atoms with E-state index < -0.39 is 5.97 Å². The van der Waals surface area contributed by atoms with E-state index in [-0.39, 0.29) is 5.88 Å². The number of alkyl halides is 1. The minimum absolute atomic E-state index is 0.306. The van der Waals surface area contributed by atoms with Crippen LogP contribution in [0.5, 0.6) is 0 Å². The van der Waals surface area contributed by atoms with Gasteiger partial charge in [-0.1, -0.05) is 84.0 Å². The first-order valence-corrected chi connectivity index (χ1v) is 9.11. The van der Waals surface area contributed by atoms with Crippen LogP contribution in [0.2, 0.25) is 0 Å². The van der Waals surface area contributed by atoms with Gasteiger partial charge in [-0.2, -0.15) is 0 Å². The van der Waals surface area contributed by atoms with Crippen LogP contribution in [0.1, 0.15) is 90.4 Å². The van der Waals surface area contributed by atoms with Crippen molar-refractivity contribution in [3.63, 3.8) is 0 Å². The highest BCUT2D eigenvalue weighted by molar-refractivity contribution is 6.26. The number of aliphatic hydroxyl groups is 1. The Morgan fingerprint density at radius 1 is 0.762 bits per heavy atom. The van der Waals surface area contributed by atoms with Gasteiger partial charge < -0.3 is 10.2 Å².